The van der Waals surface area contributed by atoms with E-state index in [1.54, 1.807) is 11.3 Å². The predicted octanol–water partition coefficient (Wildman–Crippen LogP) is 3.83. The number of nitrogens with zero attached hydrogens (tertiary/aromatic N) is 3. The molecule has 1 aromatic carbocycles. The monoisotopic (exact) mass is 413 g/mol. The van der Waals surface area contributed by atoms with Gasteiger partial charge in [-0.3, -0.25) is 9.78 Å². The highest BCUT2D eigenvalue weighted by Gasteiger charge is 2.19. The van der Waals surface area contributed by atoms with E-state index in [1.165, 1.54) is 18.5 Å². The van der Waals surface area contributed by atoms with Crippen molar-refractivity contribution < 1.29 is 13.6 Å². The summed E-state index contributed by atoms with van der Waals surface area (Å²) in [6, 6.07) is 5.29. The minimum absolute atomic E-state index is 0.108. The summed E-state index contributed by atoms with van der Waals surface area (Å²) in [5.41, 5.74) is 2.04. The molecule has 2 aromatic heterocycles. The number of thiophene rings is 1. The van der Waals surface area contributed by atoms with Gasteiger partial charge in [0.25, 0.3) is 5.91 Å². The van der Waals surface area contributed by atoms with E-state index in [4.69, 9.17) is 0 Å². The SMILES string of the molecule is Cc1sc(C2=CNCN2C)cc1-c1cnc(NC(=O)c2c(F)cccc2F)cn1. The quantitative estimate of drug-likeness (QED) is 0.680. The van der Waals surface area contributed by atoms with E-state index in [-0.39, 0.29) is 5.82 Å². The molecule has 0 unspecified atom stereocenters. The molecule has 1 aliphatic heterocycles. The number of rotatable bonds is 4. The Hall–Kier alpha value is -3.33. The first-order chi connectivity index (χ1) is 13.9. The van der Waals surface area contributed by atoms with E-state index in [2.05, 4.69) is 25.5 Å². The lowest BCUT2D eigenvalue weighted by atomic mass is 10.1. The summed E-state index contributed by atoms with van der Waals surface area (Å²) >= 11 is 1.65. The molecule has 9 heteroatoms. The van der Waals surface area contributed by atoms with E-state index in [9.17, 15) is 13.6 Å². The van der Waals surface area contributed by atoms with Crippen LogP contribution in [0.15, 0.2) is 42.9 Å². The molecule has 0 atom stereocenters. The Labute approximate surface area is 169 Å². The highest BCUT2D eigenvalue weighted by atomic mass is 32.1. The zero-order chi connectivity index (χ0) is 20.5. The van der Waals surface area contributed by atoms with Gasteiger partial charge >= 0.3 is 0 Å². The molecule has 4 rings (SSSR count). The van der Waals surface area contributed by atoms with Crippen molar-refractivity contribution in [2.24, 2.45) is 0 Å². The van der Waals surface area contributed by atoms with Crippen LogP contribution < -0.4 is 10.6 Å². The Balaban J connectivity index is 1.54. The molecule has 148 valence electrons. The van der Waals surface area contributed by atoms with E-state index in [1.807, 2.05) is 26.2 Å². The average molecular weight is 413 g/mol. The summed E-state index contributed by atoms with van der Waals surface area (Å²) in [4.78, 5) is 25.0. The Morgan fingerprint density at radius 2 is 2.00 bits per heavy atom. The van der Waals surface area contributed by atoms with Crippen LogP contribution in [0.25, 0.3) is 17.0 Å². The molecular formula is C20H17F2N5OS. The van der Waals surface area contributed by atoms with Gasteiger partial charge in [0.05, 0.1) is 35.3 Å². The number of anilines is 1. The van der Waals surface area contributed by atoms with Gasteiger partial charge in [0, 0.05) is 23.7 Å². The maximum atomic E-state index is 13.7. The van der Waals surface area contributed by atoms with Gasteiger partial charge in [-0.1, -0.05) is 6.07 Å². The number of carbonyl (C=O) groups excluding carboxylic acids is 1. The van der Waals surface area contributed by atoms with Gasteiger partial charge in [-0.05, 0) is 25.1 Å². The summed E-state index contributed by atoms with van der Waals surface area (Å²) in [6.07, 6.45) is 4.86. The van der Waals surface area contributed by atoms with Crippen molar-refractivity contribution in [2.75, 3.05) is 19.0 Å². The zero-order valence-electron chi connectivity index (χ0n) is 15.7. The van der Waals surface area contributed by atoms with Crippen LogP contribution in [0.3, 0.4) is 0 Å². The number of halogens is 2. The van der Waals surface area contributed by atoms with Crippen molar-refractivity contribution >= 4 is 28.8 Å². The first-order valence-corrected chi connectivity index (χ1v) is 9.59. The fourth-order valence-corrected chi connectivity index (χ4v) is 4.12. The minimum Gasteiger partial charge on any atom is -0.372 e. The average Bonchev–Trinajstić information content (AvgIpc) is 3.27. The van der Waals surface area contributed by atoms with E-state index < -0.39 is 23.1 Å². The minimum atomic E-state index is -0.936. The molecule has 2 N–H and O–H groups in total. The van der Waals surface area contributed by atoms with Crippen molar-refractivity contribution in [1.82, 2.24) is 20.2 Å². The molecule has 1 aliphatic rings. The first-order valence-electron chi connectivity index (χ1n) is 8.77. The number of aromatic nitrogens is 2. The van der Waals surface area contributed by atoms with Gasteiger partial charge < -0.3 is 15.5 Å². The maximum absolute atomic E-state index is 13.7. The fourth-order valence-electron chi connectivity index (χ4n) is 3.02. The van der Waals surface area contributed by atoms with Crippen LogP contribution in [0.2, 0.25) is 0 Å². The number of hydrogen-bond donors (Lipinski definition) is 2. The highest BCUT2D eigenvalue weighted by molar-refractivity contribution is 7.13. The van der Waals surface area contributed by atoms with Crippen molar-refractivity contribution in [1.29, 1.82) is 0 Å². The molecule has 0 saturated heterocycles. The lowest BCUT2D eigenvalue weighted by Gasteiger charge is -2.12. The smallest absolute Gasteiger partial charge is 0.262 e. The molecule has 6 nitrogen and oxygen atoms in total. The Morgan fingerprint density at radius 3 is 2.62 bits per heavy atom. The van der Waals surface area contributed by atoms with Gasteiger partial charge in [0.15, 0.2) is 5.82 Å². The van der Waals surface area contributed by atoms with E-state index in [0.717, 1.165) is 39.8 Å². The molecule has 0 bridgehead atoms. The first kappa shape index (κ1) is 19.0. The van der Waals surface area contributed by atoms with Crippen molar-refractivity contribution in [3.05, 3.63) is 69.8 Å². The van der Waals surface area contributed by atoms with Gasteiger partial charge in [-0.25, -0.2) is 13.8 Å². The topological polar surface area (TPSA) is 70.2 Å². The summed E-state index contributed by atoms with van der Waals surface area (Å²) in [5, 5.41) is 5.56. The Morgan fingerprint density at radius 1 is 1.24 bits per heavy atom. The molecule has 0 radical (unpaired) electrons. The number of hydrogen-bond acceptors (Lipinski definition) is 6. The van der Waals surface area contributed by atoms with Gasteiger partial charge in [0.1, 0.15) is 17.2 Å². The number of nitrogens with one attached hydrogen (secondary N) is 2. The third-order valence-corrected chi connectivity index (χ3v) is 5.58. The molecule has 1 amide bonds. The summed E-state index contributed by atoms with van der Waals surface area (Å²) in [6.45, 7) is 2.77. The van der Waals surface area contributed by atoms with Crippen LogP contribution in [-0.2, 0) is 0 Å². The summed E-state index contributed by atoms with van der Waals surface area (Å²) in [7, 11) is 2.01. The molecule has 29 heavy (non-hydrogen) atoms. The number of carbonyl (C=O) groups is 1. The lowest BCUT2D eigenvalue weighted by Crippen LogP contribution is -2.17. The van der Waals surface area contributed by atoms with Crippen LogP contribution >= 0.6 is 11.3 Å². The lowest BCUT2D eigenvalue weighted by molar-refractivity contribution is 0.101. The second-order valence-electron chi connectivity index (χ2n) is 6.51. The summed E-state index contributed by atoms with van der Waals surface area (Å²) in [5.74, 6) is -2.68. The number of amides is 1. The maximum Gasteiger partial charge on any atom is 0.262 e. The van der Waals surface area contributed by atoms with Crippen LogP contribution in [-0.4, -0.2) is 34.5 Å². The molecule has 3 heterocycles. The van der Waals surface area contributed by atoms with Crippen molar-refractivity contribution in [3.8, 4) is 11.3 Å². The molecule has 0 aliphatic carbocycles. The normalized spacial score (nSPS) is 13.2. The van der Waals surface area contributed by atoms with Gasteiger partial charge in [-0.15, -0.1) is 11.3 Å². The largest absolute Gasteiger partial charge is 0.372 e. The van der Waals surface area contributed by atoms with E-state index in [0.29, 0.717) is 5.69 Å². The molecular weight excluding hydrogens is 396 g/mol. The number of benzene rings is 1. The fraction of sp³-hybridized carbons (Fsp3) is 0.150. The summed E-state index contributed by atoms with van der Waals surface area (Å²) < 4.78 is 27.5. The molecule has 0 fully saturated rings. The van der Waals surface area contributed by atoms with Crippen LogP contribution in [0.5, 0.6) is 0 Å². The number of aryl methyl sites for hydroxylation is 1. The van der Waals surface area contributed by atoms with E-state index >= 15 is 0 Å². The van der Waals surface area contributed by atoms with Crippen molar-refractivity contribution in [2.45, 2.75) is 6.92 Å². The Kier molecular flexibility index (Phi) is 4.98. The predicted molar refractivity (Wildman–Crippen MR) is 108 cm³/mol. The molecule has 0 saturated carbocycles. The van der Waals surface area contributed by atoms with Crippen LogP contribution in [0.1, 0.15) is 20.1 Å². The molecule has 0 spiro atoms. The van der Waals surface area contributed by atoms with Crippen LogP contribution in [0, 0.1) is 18.6 Å². The van der Waals surface area contributed by atoms with Gasteiger partial charge in [-0.2, -0.15) is 0 Å². The second kappa shape index (κ2) is 7.59. The second-order valence-corrected chi connectivity index (χ2v) is 7.76. The third-order valence-electron chi connectivity index (χ3n) is 4.51. The van der Waals surface area contributed by atoms with Crippen molar-refractivity contribution in [3.63, 3.8) is 0 Å². The van der Waals surface area contributed by atoms with Crippen LogP contribution in [0.4, 0.5) is 14.6 Å². The standard InChI is InChI=1S/C20H17F2N5OS/c1-11-12(6-17(29-11)16-8-23-10-27(16)2)15-7-25-18(9-24-15)26-20(28)19-13(21)4-3-5-14(19)22/h3-9,23H,10H2,1-2H3,(H,25,26,28). The Bertz CT molecular complexity index is 1090. The zero-order valence-corrected chi connectivity index (χ0v) is 16.5. The third kappa shape index (κ3) is 3.68. The van der Waals surface area contributed by atoms with Gasteiger partial charge in [0.2, 0.25) is 0 Å². The highest BCUT2D eigenvalue weighted by Crippen LogP contribution is 2.35. The molecule has 3 aromatic rings.